The van der Waals surface area contributed by atoms with Crippen molar-refractivity contribution in [1.29, 1.82) is 0 Å². The molecule has 2 N–H and O–H groups in total. The van der Waals surface area contributed by atoms with Crippen LogP contribution in [0.4, 0.5) is 5.69 Å². The highest BCUT2D eigenvalue weighted by Gasteiger charge is 2.16. The van der Waals surface area contributed by atoms with Crippen LogP contribution < -0.4 is 10.6 Å². The van der Waals surface area contributed by atoms with E-state index >= 15 is 0 Å². The molecule has 0 saturated carbocycles. The Morgan fingerprint density at radius 2 is 1.94 bits per heavy atom. The Morgan fingerprint density at radius 3 is 2.50 bits per heavy atom. The summed E-state index contributed by atoms with van der Waals surface area (Å²) in [5.74, 6) is 0. The van der Waals surface area contributed by atoms with E-state index < -0.39 is 0 Å². The van der Waals surface area contributed by atoms with E-state index in [1.54, 1.807) is 0 Å². The average molecular weight is 268 g/mol. The van der Waals surface area contributed by atoms with E-state index in [1.165, 1.54) is 5.56 Å². The van der Waals surface area contributed by atoms with Gasteiger partial charge in [0.15, 0.2) is 0 Å². The predicted octanol–water partition coefficient (Wildman–Crippen LogP) is 1.98. The van der Waals surface area contributed by atoms with E-state index in [0.717, 1.165) is 43.3 Å². The second kappa shape index (κ2) is 5.91. The summed E-state index contributed by atoms with van der Waals surface area (Å²) in [7, 11) is 2.16. The van der Waals surface area contributed by atoms with Crippen LogP contribution in [0.5, 0.6) is 0 Å². The van der Waals surface area contributed by atoms with Gasteiger partial charge in [0.05, 0.1) is 10.7 Å². The quantitative estimate of drug-likeness (QED) is 0.909. The Balaban J connectivity index is 2.09. The van der Waals surface area contributed by atoms with Crippen LogP contribution in [0.25, 0.3) is 0 Å². The molecule has 1 unspecified atom stereocenters. The van der Waals surface area contributed by atoms with Crippen molar-refractivity contribution in [2.75, 3.05) is 38.1 Å². The lowest BCUT2D eigenvalue weighted by Crippen LogP contribution is -2.44. The molecule has 1 heterocycles. The van der Waals surface area contributed by atoms with Gasteiger partial charge in [-0.15, -0.1) is 0 Å². The lowest BCUT2D eigenvalue weighted by molar-refractivity contribution is 0.313. The highest BCUT2D eigenvalue weighted by Crippen LogP contribution is 2.28. The molecule has 0 aliphatic carbocycles. The van der Waals surface area contributed by atoms with E-state index in [9.17, 15) is 0 Å². The van der Waals surface area contributed by atoms with Gasteiger partial charge in [-0.25, -0.2) is 0 Å². The second-order valence-corrected chi connectivity index (χ2v) is 5.66. The first-order valence-electron chi connectivity index (χ1n) is 6.54. The minimum atomic E-state index is 0.176. The number of hydrogen-bond donors (Lipinski definition) is 1. The number of nitrogens with two attached hydrogens (primary N) is 1. The smallest absolute Gasteiger partial charge is 0.0642 e. The number of nitrogens with zero attached hydrogens (tertiary/aromatic N) is 2. The normalized spacial score (nSPS) is 19.0. The van der Waals surface area contributed by atoms with Crippen molar-refractivity contribution in [3.05, 3.63) is 28.8 Å². The van der Waals surface area contributed by atoms with Gasteiger partial charge >= 0.3 is 0 Å². The molecule has 1 fully saturated rings. The first-order chi connectivity index (χ1) is 8.56. The highest BCUT2D eigenvalue weighted by atomic mass is 35.5. The van der Waals surface area contributed by atoms with Crippen LogP contribution in [0, 0.1) is 0 Å². The zero-order valence-corrected chi connectivity index (χ0v) is 12.0. The maximum Gasteiger partial charge on any atom is 0.0642 e. The van der Waals surface area contributed by atoms with Crippen molar-refractivity contribution in [1.82, 2.24) is 4.90 Å². The topological polar surface area (TPSA) is 32.5 Å². The highest BCUT2D eigenvalue weighted by molar-refractivity contribution is 6.33. The van der Waals surface area contributed by atoms with Gasteiger partial charge in [-0.3, -0.25) is 0 Å². The molecule has 2 rings (SSSR count). The fourth-order valence-corrected chi connectivity index (χ4v) is 2.68. The van der Waals surface area contributed by atoms with Crippen molar-refractivity contribution in [3.8, 4) is 0 Å². The van der Waals surface area contributed by atoms with Crippen molar-refractivity contribution >= 4 is 17.3 Å². The van der Waals surface area contributed by atoms with Crippen LogP contribution >= 0.6 is 11.6 Å². The molecule has 1 atom stereocenters. The van der Waals surface area contributed by atoms with Gasteiger partial charge in [-0.2, -0.15) is 0 Å². The molecule has 0 spiro atoms. The second-order valence-electron chi connectivity index (χ2n) is 5.26. The van der Waals surface area contributed by atoms with E-state index in [-0.39, 0.29) is 6.04 Å². The fourth-order valence-electron chi connectivity index (χ4n) is 2.35. The van der Waals surface area contributed by atoms with Crippen LogP contribution in [-0.2, 0) is 6.42 Å². The van der Waals surface area contributed by atoms with Crippen LogP contribution in [-0.4, -0.2) is 44.2 Å². The molecule has 0 bridgehead atoms. The summed E-state index contributed by atoms with van der Waals surface area (Å²) < 4.78 is 0. The van der Waals surface area contributed by atoms with Gasteiger partial charge in [0.2, 0.25) is 0 Å². The fraction of sp³-hybridized carbons (Fsp3) is 0.571. The summed E-state index contributed by atoms with van der Waals surface area (Å²) in [6, 6.07) is 6.50. The minimum absolute atomic E-state index is 0.176. The van der Waals surface area contributed by atoms with Crippen LogP contribution in [0.3, 0.4) is 0 Å². The molecule has 1 aliphatic heterocycles. The summed E-state index contributed by atoms with van der Waals surface area (Å²) >= 11 is 6.39. The van der Waals surface area contributed by atoms with Crippen LogP contribution in [0.2, 0.25) is 5.02 Å². The Morgan fingerprint density at radius 1 is 1.28 bits per heavy atom. The van der Waals surface area contributed by atoms with E-state index in [0.29, 0.717) is 0 Å². The molecule has 1 saturated heterocycles. The summed E-state index contributed by atoms with van der Waals surface area (Å²) in [6.45, 7) is 6.30. The summed E-state index contributed by atoms with van der Waals surface area (Å²) in [6.07, 6.45) is 0.878. The molecule has 100 valence electrons. The number of anilines is 1. The van der Waals surface area contributed by atoms with Crippen molar-refractivity contribution < 1.29 is 0 Å². The van der Waals surface area contributed by atoms with Gasteiger partial charge in [-0.1, -0.05) is 17.7 Å². The number of rotatable bonds is 3. The molecule has 3 nitrogen and oxygen atoms in total. The monoisotopic (exact) mass is 267 g/mol. The molecule has 4 heteroatoms. The molecule has 0 aromatic heterocycles. The Hall–Kier alpha value is -0.770. The van der Waals surface area contributed by atoms with Crippen molar-refractivity contribution in [3.63, 3.8) is 0 Å². The SMILES string of the molecule is CC(N)Cc1ccc(N2CCN(C)CC2)c(Cl)c1. The van der Waals surface area contributed by atoms with Crippen LogP contribution in [0.1, 0.15) is 12.5 Å². The molecular weight excluding hydrogens is 246 g/mol. The predicted molar refractivity (Wildman–Crippen MR) is 78.5 cm³/mol. The third kappa shape index (κ3) is 3.37. The molecular formula is C14H22ClN3. The number of piperazine rings is 1. The molecule has 1 aromatic rings. The first kappa shape index (κ1) is 13.7. The van der Waals surface area contributed by atoms with E-state index in [4.69, 9.17) is 17.3 Å². The van der Waals surface area contributed by atoms with Crippen LogP contribution in [0.15, 0.2) is 18.2 Å². The summed E-state index contributed by atoms with van der Waals surface area (Å²) in [5, 5.41) is 0.845. The maximum atomic E-state index is 6.39. The molecule has 0 radical (unpaired) electrons. The number of likely N-dealkylation sites (N-methyl/N-ethyl adjacent to an activating group) is 1. The van der Waals surface area contributed by atoms with Crippen molar-refractivity contribution in [2.24, 2.45) is 5.73 Å². The molecule has 1 aromatic carbocycles. The first-order valence-corrected chi connectivity index (χ1v) is 6.91. The number of halogens is 1. The van der Waals surface area contributed by atoms with Gasteiger partial charge < -0.3 is 15.5 Å². The Labute approximate surface area is 115 Å². The largest absolute Gasteiger partial charge is 0.368 e. The van der Waals surface area contributed by atoms with Gasteiger partial charge in [0, 0.05) is 32.2 Å². The van der Waals surface area contributed by atoms with Crippen molar-refractivity contribution in [2.45, 2.75) is 19.4 Å². The Bertz CT molecular complexity index is 398. The minimum Gasteiger partial charge on any atom is -0.368 e. The van der Waals surface area contributed by atoms with Gasteiger partial charge in [0.1, 0.15) is 0 Å². The zero-order chi connectivity index (χ0) is 13.1. The van der Waals surface area contributed by atoms with Gasteiger partial charge in [-0.05, 0) is 38.1 Å². The van der Waals surface area contributed by atoms with E-state index in [1.807, 2.05) is 6.92 Å². The lowest BCUT2D eigenvalue weighted by atomic mass is 10.1. The number of hydrogen-bond acceptors (Lipinski definition) is 3. The standard InChI is InChI=1S/C14H22ClN3/c1-11(16)9-12-3-4-14(13(15)10-12)18-7-5-17(2)6-8-18/h3-4,10-11H,5-9,16H2,1-2H3. The maximum absolute atomic E-state index is 6.39. The molecule has 1 aliphatic rings. The average Bonchev–Trinajstić information content (AvgIpc) is 2.30. The zero-order valence-electron chi connectivity index (χ0n) is 11.2. The third-order valence-corrected chi connectivity index (χ3v) is 3.72. The van der Waals surface area contributed by atoms with E-state index in [2.05, 4.69) is 35.0 Å². The lowest BCUT2D eigenvalue weighted by Gasteiger charge is -2.34. The van der Waals surface area contributed by atoms with Gasteiger partial charge in [0.25, 0.3) is 0 Å². The number of benzene rings is 1. The third-order valence-electron chi connectivity index (χ3n) is 3.41. The molecule has 0 amide bonds. The summed E-state index contributed by atoms with van der Waals surface area (Å²) in [5.41, 5.74) is 8.18. The summed E-state index contributed by atoms with van der Waals surface area (Å²) in [4.78, 5) is 4.70. The molecule has 18 heavy (non-hydrogen) atoms. The Kier molecular flexibility index (Phi) is 4.49.